The third-order valence-corrected chi connectivity index (χ3v) is 3.97. The van der Waals surface area contributed by atoms with E-state index in [0.29, 0.717) is 6.61 Å². The Hall–Kier alpha value is -0.860. The van der Waals surface area contributed by atoms with Crippen LogP contribution in [-0.4, -0.2) is 18.3 Å². The van der Waals surface area contributed by atoms with Gasteiger partial charge in [0.2, 0.25) is 0 Å². The van der Waals surface area contributed by atoms with Crippen LogP contribution in [-0.2, 0) is 6.54 Å². The third kappa shape index (κ3) is 4.96. The van der Waals surface area contributed by atoms with Gasteiger partial charge in [0.15, 0.2) is 0 Å². The SMILES string of the molecule is CC(C)(CCCO)CNCc1ccc(C2CC2)cc1. The Morgan fingerprint density at radius 2 is 1.89 bits per heavy atom. The fraction of sp³-hybridized carbons (Fsp3) is 0.647. The van der Waals surface area contributed by atoms with Crippen LogP contribution in [0, 0.1) is 5.41 Å². The van der Waals surface area contributed by atoms with Crippen LogP contribution >= 0.6 is 0 Å². The highest BCUT2D eigenvalue weighted by Crippen LogP contribution is 2.39. The molecule has 2 heteroatoms. The minimum absolute atomic E-state index is 0.261. The second-order valence-electron chi connectivity index (χ2n) is 6.61. The van der Waals surface area contributed by atoms with Crippen molar-refractivity contribution in [3.63, 3.8) is 0 Å². The maximum absolute atomic E-state index is 8.89. The summed E-state index contributed by atoms with van der Waals surface area (Å²) in [7, 11) is 0. The van der Waals surface area contributed by atoms with Gasteiger partial charge in [0.1, 0.15) is 0 Å². The molecule has 0 aromatic heterocycles. The normalized spacial score (nSPS) is 15.7. The van der Waals surface area contributed by atoms with Crippen LogP contribution < -0.4 is 5.32 Å². The minimum atomic E-state index is 0.261. The van der Waals surface area contributed by atoms with Gasteiger partial charge in [-0.2, -0.15) is 0 Å². The van der Waals surface area contributed by atoms with E-state index < -0.39 is 0 Å². The molecule has 1 aromatic carbocycles. The molecule has 19 heavy (non-hydrogen) atoms. The van der Waals surface area contributed by atoms with Gasteiger partial charge in [-0.1, -0.05) is 38.1 Å². The van der Waals surface area contributed by atoms with Crippen molar-refractivity contribution in [2.24, 2.45) is 5.41 Å². The molecule has 0 bridgehead atoms. The Bertz CT molecular complexity index is 379. The van der Waals surface area contributed by atoms with Gasteiger partial charge >= 0.3 is 0 Å². The van der Waals surface area contributed by atoms with Gasteiger partial charge in [0.05, 0.1) is 0 Å². The number of aliphatic hydroxyl groups excluding tert-OH is 1. The predicted octanol–water partition coefficient (Wildman–Crippen LogP) is 3.45. The van der Waals surface area contributed by atoms with Crippen molar-refractivity contribution in [2.75, 3.05) is 13.2 Å². The second-order valence-corrected chi connectivity index (χ2v) is 6.61. The van der Waals surface area contributed by atoms with Crippen molar-refractivity contribution in [1.29, 1.82) is 0 Å². The molecular weight excluding hydrogens is 234 g/mol. The Morgan fingerprint density at radius 3 is 2.47 bits per heavy atom. The molecule has 1 fully saturated rings. The van der Waals surface area contributed by atoms with E-state index in [0.717, 1.165) is 31.8 Å². The Balaban J connectivity index is 1.72. The Morgan fingerprint density at radius 1 is 1.21 bits per heavy atom. The topological polar surface area (TPSA) is 32.3 Å². The van der Waals surface area contributed by atoms with Crippen LogP contribution in [0.15, 0.2) is 24.3 Å². The van der Waals surface area contributed by atoms with Crippen LogP contribution in [0.25, 0.3) is 0 Å². The van der Waals surface area contributed by atoms with Crippen molar-refractivity contribution in [3.05, 3.63) is 35.4 Å². The van der Waals surface area contributed by atoms with Crippen LogP contribution in [0.5, 0.6) is 0 Å². The molecule has 0 atom stereocenters. The maximum atomic E-state index is 8.89. The zero-order chi connectivity index (χ0) is 13.7. The molecule has 0 saturated heterocycles. The molecule has 106 valence electrons. The van der Waals surface area contributed by atoms with E-state index in [9.17, 15) is 0 Å². The molecule has 0 unspecified atom stereocenters. The van der Waals surface area contributed by atoms with E-state index in [1.165, 1.54) is 24.0 Å². The van der Waals surface area contributed by atoms with Crippen LogP contribution in [0.4, 0.5) is 0 Å². The Labute approximate surface area is 117 Å². The van der Waals surface area contributed by atoms with E-state index in [4.69, 9.17) is 5.11 Å². The highest BCUT2D eigenvalue weighted by Gasteiger charge is 2.22. The molecule has 0 radical (unpaired) electrons. The summed E-state index contributed by atoms with van der Waals surface area (Å²) in [6.07, 6.45) is 4.70. The Kier molecular flexibility index (Phi) is 5.00. The maximum Gasteiger partial charge on any atom is 0.0431 e. The molecule has 1 saturated carbocycles. The first kappa shape index (κ1) is 14.5. The lowest BCUT2D eigenvalue weighted by atomic mass is 9.88. The molecule has 0 aliphatic heterocycles. The first-order valence-corrected chi connectivity index (χ1v) is 7.51. The average molecular weight is 261 g/mol. The highest BCUT2D eigenvalue weighted by molar-refractivity contribution is 5.27. The van der Waals surface area contributed by atoms with Crippen LogP contribution in [0.1, 0.15) is 56.6 Å². The number of hydrogen-bond acceptors (Lipinski definition) is 2. The largest absolute Gasteiger partial charge is 0.396 e. The van der Waals surface area contributed by atoms with Gasteiger partial charge in [-0.25, -0.2) is 0 Å². The quantitative estimate of drug-likeness (QED) is 0.751. The fourth-order valence-electron chi connectivity index (χ4n) is 2.52. The predicted molar refractivity (Wildman–Crippen MR) is 80.2 cm³/mol. The van der Waals surface area contributed by atoms with E-state index in [-0.39, 0.29) is 5.41 Å². The second kappa shape index (κ2) is 6.53. The monoisotopic (exact) mass is 261 g/mol. The molecule has 0 heterocycles. The molecule has 1 aromatic rings. The summed E-state index contributed by atoms with van der Waals surface area (Å²) in [5, 5.41) is 12.4. The molecule has 1 aliphatic carbocycles. The van der Waals surface area contributed by atoms with Gasteiger partial charge < -0.3 is 10.4 Å². The van der Waals surface area contributed by atoms with Gasteiger partial charge in [-0.15, -0.1) is 0 Å². The van der Waals surface area contributed by atoms with Gasteiger partial charge in [0, 0.05) is 19.7 Å². The summed E-state index contributed by atoms with van der Waals surface area (Å²) in [5.41, 5.74) is 3.13. The molecular formula is C17H27NO. The number of rotatable bonds is 8. The molecule has 2 rings (SSSR count). The number of benzene rings is 1. The van der Waals surface area contributed by atoms with Crippen molar-refractivity contribution in [2.45, 2.75) is 52.0 Å². The van der Waals surface area contributed by atoms with Gasteiger partial charge in [-0.05, 0) is 48.1 Å². The van der Waals surface area contributed by atoms with Crippen molar-refractivity contribution < 1.29 is 5.11 Å². The van der Waals surface area contributed by atoms with Crippen molar-refractivity contribution in [3.8, 4) is 0 Å². The summed E-state index contributed by atoms with van der Waals surface area (Å²) in [6, 6.07) is 9.07. The van der Waals surface area contributed by atoms with E-state index in [1.807, 2.05) is 0 Å². The minimum Gasteiger partial charge on any atom is -0.396 e. The lowest BCUT2D eigenvalue weighted by molar-refractivity contribution is 0.236. The molecule has 0 spiro atoms. The average Bonchev–Trinajstić information content (AvgIpc) is 3.21. The number of aliphatic hydroxyl groups is 1. The lowest BCUT2D eigenvalue weighted by Crippen LogP contribution is -2.29. The standard InChI is InChI=1S/C17H27NO/c1-17(2,10-3-11-19)13-18-12-14-4-6-15(7-5-14)16-8-9-16/h4-7,16,18-19H,3,8-13H2,1-2H3. The fourth-order valence-corrected chi connectivity index (χ4v) is 2.52. The van der Waals surface area contributed by atoms with Crippen LogP contribution in [0.3, 0.4) is 0 Å². The zero-order valence-electron chi connectivity index (χ0n) is 12.3. The zero-order valence-corrected chi connectivity index (χ0v) is 12.3. The van der Waals surface area contributed by atoms with E-state index >= 15 is 0 Å². The highest BCUT2D eigenvalue weighted by atomic mass is 16.2. The summed E-state index contributed by atoms with van der Waals surface area (Å²) < 4.78 is 0. The van der Waals surface area contributed by atoms with Gasteiger partial charge in [0.25, 0.3) is 0 Å². The van der Waals surface area contributed by atoms with E-state index in [1.54, 1.807) is 0 Å². The first-order valence-electron chi connectivity index (χ1n) is 7.51. The van der Waals surface area contributed by atoms with Gasteiger partial charge in [-0.3, -0.25) is 0 Å². The molecule has 2 N–H and O–H groups in total. The van der Waals surface area contributed by atoms with E-state index in [2.05, 4.69) is 43.4 Å². The summed E-state index contributed by atoms with van der Waals surface area (Å²) in [6.45, 7) is 6.74. The van der Waals surface area contributed by atoms with Crippen molar-refractivity contribution in [1.82, 2.24) is 5.32 Å². The number of hydrogen-bond donors (Lipinski definition) is 2. The molecule has 1 aliphatic rings. The first-order chi connectivity index (χ1) is 9.11. The number of nitrogens with one attached hydrogen (secondary N) is 1. The lowest BCUT2D eigenvalue weighted by Gasteiger charge is -2.24. The third-order valence-electron chi connectivity index (χ3n) is 3.97. The summed E-state index contributed by atoms with van der Waals surface area (Å²) in [5.74, 6) is 0.847. The van der Waals surface area contributed by atoms with Crippen LogP contribution in [0.2, 0.25) is 0 Å². The molecule has 2 nitrogen and oxygen atoms in total. The van der Waals surface area contributed by atoms with Crippen molar-refractivity contribution >= 4 is 0 Å². The summed E-state index contributed by atoms with van der Waals surface area (Å²) in [4.78, 5) is 0. The summed E-state index contributed by atoms with van der Waals surface area (Å²) >= 11 is 0. The smallest absolute Gasteiger partial charge is 0.0431 e. The molecule has 0 amide bonds.